The predicted octanol–water partition coefficient (Wildman–Crippen LogP) is 3.83. The molecule has 246 valence electrons. The van der Waals surface area contributed by atoms with E-state index in [2.05, 4.69) is 31.2 Å². The third kappa shape index (κ3) is 6.25. The summed E-state index contributed by atoms with van der Waals surface area (Å²) in [5.41, 5.74) is 0.665. The van der Waals surface area contributed by atoms with Crippen molar-refractivity contribution in [2.24, 2.45) is 7.05 Å². The van der Waals surface area contributed by atoms with Gasteiger partial charge in [0, 0.05) is 32.4 Å². The van der Waals surface area contributed by atoms with Crippen LogP contribution in [0, 0.1) is 0 Å². The molecule has 2 aliphatic rings. The Labute approximate surface area is 264 Å². The highest BCUT2D eigenvalue weighted by Gasteiger charge is 2.48. The molecule has 12 nitrogen and oxygen atoms in total. The maximum atomic E-state index is 15.8. The number of fused-ring (bicyclic) bond motifs is 3. The van der Waals surface area contributed by atoms with Crippen molar-refractivity contribution in [3.63, 3.8) is 0 Å². The van der Waals surface area contributed by atoms with E-state index in [1.807, 2.05) is 4.90 Å². The first-order valence-electron chi connectivity index (χ1n) is 14.6. The topological polar surface area (TPSA) is 139 Å². The Morgan fingerprint density at radius 2 is 2.04 bits per heavy atom. The zero-order valence-corrected chi connectivity index (χ0v) is 26.0. The van der Waals surface area contributed by atoms with E-state index in [0.29, 0.717) is 28.6 Å². The Balaban J connectivity index is 1.25. The molecule has 3 N–H and O–H groups in total. The zero-order chi connectivity index (χ0) is 32.7. The van der Waals surface area contributed by atoms with E-state index in [0.717, 1.165) is 17.8 Å². The predicted molar refractivity (Wildman–Crippen MR) is 160 cm³/mol. The molecule has 6 rings (SSSR count). The van der Waals surface area contributed by atoms with Crippen LogP contribution >= 0.6 is 11.3 Å². The number of ether oxygens (including phenoxy) is 1. The average Bonchev–Trinajstić information content (AvgIpc) is 3.79. The summed E-state index contributed by atoms with van der Waals surface area (Å²) in [4.78, 5) is 31.0. The molecular weight excluding hydrogens is 632 g/mol. The number of piperidine rings is 1. The Hall–Kier alpha value is -4.25. The van der Waals surface area contributed by atoms with Gasteiger partial charge in [0.25, 0.3) is 5.91 Å². The lowest BCUT2D eigenvalue weighted by Gasteiger charge is -2.41. The van der Waals surface area contributed by atoms with Gasteiger partial charge in [0.1, 0.15) is 11.7 Å². The van der Waals surface area contributed by atoms with E-state index in [9.17, 15) is 22.8 Å². The summed E-state index contributed by atoms with van der Waals surface area (Å²) in [5, 5.41) is 16.8. The van der Waals surface area contributed by atoms with Crippen LogP contribution in [0.4, 0.5) is 23.2 Å². The smallest absolute Gasteiger partial charge is 0.393 e. The Kier molecular flexibility index (Phi) is 8.62. The summed E-state index contributed by atoms with van der Waals surface area (Å²) < 4.78 is 69.6. The number of methoxy groups -OCH3 is 1. The van der Waals surface area contributed by atoms with Crippen LogP contribution in [0.15, 0.2) is 28.9 Å². The zero-order valence-electron chi connectivity index (χ0n) is 25.2. The third-order valence-corrected chi connectivity index (χ3v) is 9.69. The molecule has 4 atom stereocenters. The molecular formula is C29H32F4N8O4S. The summed E-state index contributed by atoms with van der Waals surface area (Å²) in [6, 6.07) is 3.95. The van der Waals surface area contributed by atoms with Crippen molar-refractivity contribution >= 4 is 38.9 Å². The first-order valence-corrected chi connectivity index (χ1v) is 15.4. The van der Waals surface area contributed by atoms with Crippen molar-refractivity contribution in [1.82, 2.24) is 35.5 Å². The lowest BCUT2D eigenvalue weighted by atomic mass is 9.94. The first-order chi connectivity index (χ1) is 22.0. The van der Waals surface area contributed by atoms with Gasteiger partial charge in [0.2, 0.25) is 23.5 Å². The number of aromatic nitrogens is 4. The van der Waals surface area contributed by atoms with Crippen molar-refractivity contribution in [3.05, 3.63) is 41.4 Å². The number of hydrogen-bond donors (Lipinski definition) is 3. The highest BCUT2D eigenvalue weighted by molar-refractivity contribution is 7.23. The van der Waals surface area contributed by atoms with E-state index >= 15 is 4.39 Å². The van der Waals surface area contributed by atoms with Gasteiger partial charge >= 0.3 is 6.18 Å². The molecule has 1 aromatic carbocycles. The number of nitrogens with zero attached hydrogens (tertiary/aromatic N) is 5. The minimum atomic E-state index is -4.53. The molecule has 2 saturated heterocycles. The molecule has 0 aliphatic carbocycles. The second-order valence-electron chi connectivity index (χ2n) is 11.4. The van der Waals surface area contributed by atoms with E-state index in [-0.39, 0.29) is 58.6 Å². The Bertz CT molecular complexity index is 1750. The summed E-state index contributed by atoms with van der Waals surface area (Å²) in [6.07, 6.45) is -3.74. The van der Waals surface area contributed by atoms with Crippen LogP contribution in [0.5, 0.6) is 5.88 Å². The van der Waals surface area contributed by atoms with Crippen LogP contribution in [0.2, 0.25) is 0 Å². The third-order valence-electron chi connectivity index (χ3n) is 8.41. The highest BCUT2D eigenvalue weighted by Crippen LogP contribution is 2.45. The molecule has 0 radical (unpaired) electrons. The largest absolute Gasteiger partial charge is 0.479 e. The highest BCUT2D eigenvalue weighted by atomic mass is 32.1. The molecule has 2 fully saturated rings. The number of anilines is 1. The van der Waals surface area contributed by atoms with E-state index in [1.54, 1.807) is 32.3 Å². The Morgan fingerprint density at radius 1 is 1.24 bits per heavy atom. The van der Waals surface area contributed by atoms with E-state index in [1.165, 1.54) is 18.0 Å². The van der Waals surface area contributed by atoms with Crippen molar-refractivity contribution in [3.8, 4) is 16.6 Å². The van der Waals surface area contributed by atoms with Crippen LogP contribution in [-0.2, 0) is 24.8 Å². The maximum Gasteiger partial charge on any atom is 0.393 e. The van der Waals surface area contributed by atoms with Gasteiger partial charge in [-0.25, -0.2) is 4.39 Å². The first kappa shape index (κ1) is 31.7. The Morgan fingerprint density at radius 3 is 2.78 bits per heavy atom. The number of halogens is 4. The standard InChI is InChI=1S/C29H32F4N8O4S/c1-34-21(42)13-41-14-7-8-20(41)23(30)19(9-14)36-18-6-4-5-15-16(10-29(31,32)33)25(46-24(15)18)26-37-22(45-39-26)11-35-27(43)17-12-40(2)38-28(17)44-3/h4-6,12,14,19-20,23,36H,7-11,13H2,1-3H3,(H,34,42)(H,35,43)/t14-,19-,20-,23-/m1/s1. The van der Waals surface area contributed by atoms with Gasteiger partial charge in [-0.05, 0) is 36.3 Å². The van der Waals surface area contributed by atoms with Crippen LogP contribution in [0.1, 0.15) is 41.1 Å². The van der Waals surface area contributed by atoms with Crippen molar-refractivity contribution in [2.75, 3.05) is 26.0 Å². The van der Waals surface area contributed by atoms with Crippen LogP contribution in [-0.4, -0.2) is 87.8 Å². The number of benzene rings is 1. The van der Waals surface area contributed by atoms with Gasteiger partial charge in [-0.1, -0.05) is 17.3 Å². The number of alkyl halides is 4. The number of nitrogens with one attached hydrogen (secondary N) is 3. The van der Waals surface area contributed by atoms with Crippen molar-refractivity contribution in [2.45, 2.75) is 62.7 Å². The molecule has 0 saturated carbocycles. The number of amides is 2. The number of carbonyl (C=O) groups excluding carboxylic acids is 2. The fraction of sp³-hybridized carbons (Fsp3) is 0.483. The summed E-state index contributed by atoms with van der Waals surface area (Å²) in [5.74, 6) is -0.639. The fourth-order valence-corrected chi connectivity index (χ4v) is 7.59. The van der Waals surface area contributed by atoms with Gasteiger partial charge in [0.05, 0.1) is 47.9 Å². The number of thiophene rings is 1. The van der Waals surface area contributed by atoms with Crippen molar-refractivity contribution < 1.29 is 36.4 Å². The van der Waals surface area contributed by atoms with E-state index < -0.39 is 36.8 Å². The lowest BCUT2D eigenvalue weighted by molar-refractivity contribution is -0.127. The van der Waals surface area contributed by atoms with Crippen LogP contribution < -0.4 is 20.7 Å². The number of carbonyl (C=O) groups is 2. The monoisotopic (exact) mass is 664 g/mol. The molecule has 2 aliphatic heterocycles. The molecule has 0 unspecified atom stereocenters. The normalized spacial score (nSPS) is 21.5. The summed E-state index contributed by atoms with van der Waals surface area (Å²) in [7, 11) is 4.56. The molecule has 4 aromatic rings. The average molecular weight is 665 g/mol. The second kappa shape index (κ2) is 12.5. The van der Waals surface area contributed by atoms with Gasteiger partial charge < -0.3 is 25.2 Å². The van der Waals surface area contributed by atoms with Gasteiger partial charge in [-0.15, -0.1) is 16.4 Å². The SMILES string of the molecule is CNC(=O)CN1[C@@H]2CC[C@@H]1[C@H](F)[C@H](Nc1cccc3c(CC(F)(F)F)c(-c4noc(CNC(=O)c5cn(C)nc5OC)n4)sc13)C2. The minimum Gasteiger partial charge on any atom is -0.479 e. The van der Waals surface area contributed by atoms with Crippen LogP contribution in [0.3, 0.4) is 0 Å². The molecule has 0 spiro atoms. The maximum absolute atomic E-state index is 15.8. The van der Waals surface area contributed by atoms with Gasteiger partial charge in [-0.2, -0.15) is 18.2 Å². The molecule has 2 amide bonds. The fourth-order valence-electron chi connectivity index (χ4n) is 6.37. The molecule has 3 aromatic heterocycles. The van der Waals surface area contributed by atoms with Gasteiger partial charge in [0.15, 0.2) is 0 Å². The number of aryl methyl sites for hydroxylation is 1. The van der Waals surface area contributed by atoms with Gasteiger partial charge in [-0.3, -0.25) is 19.2 Å². The minimum absolute atomic E-state index is 0.0146. The number of hydrogen-bond acceptors (Lipinski definition) is 10. The molecule has 17 heteroatoms. The summed E-state index contributed by atoms with van der Waals surface area (Å²) >= 11 is 1.06. The quantitative estimate of drug-likeness (QED) is 0.216. The summed E-state index contributed by atoms with van der Waals surface area (Å²) in [6.45, 7) is -0.0628. The molecule has 46 heavy (non-hydrogen) atoms. The molecule has 5 heterocycles. The number of rotatable bonds is 10. The second-order valence-corrected chi connectivity index (χ2v) is 12.4. The lowest BCUT2D eigenvalue weighted by Crippen LogP contribution is -2.56. The van der Waals surface area contributed by atoms with Crippen LogP contribution in [0.25, 0.3) is 20.8 Å². The molecule has 2 bridgehead atoms. The van der Waals surface area contributed by atoms with E-state index in [4.69, 9.17) is 9.26 Å². The number of likely N-dealkylation sites (N-methyl/N-ethyl adjacent to an activating group) is 1. The van der Waals surface area contributed by atoms with Crippen molar-refractivity contribution in [1.29, 1.82) is 0 Å².